The first kappa shape index (κ1) is 12.8. The van der Waals surface area contributed by atoms with Gasteiger partial charge < -0.3 is 5.11 Å². The molecule has 0 atom stereocenters. The van der Waals surface area contributed by atoms with Gasteiger partial charge in [0, 0.05) is 17.8 Å². The van der Waals surface area contributed by atoms with Gasteiger partial charge in [0.15, 0.2) is 9.84 Å². The Morgan fingerprint density at radius 2 is 2.06 bits per heavy atom. The minimum Gasteiger partial charge on any atom is -0.478 e. The van der Waals surface area contributed by atoms with Crippen molar-refractivity contribution in [3.63, 3.8) is 0 Å². The van der Waals surface area contributed by atoms with Crippen molar-refractivity contribution >= 4 is 38.3 Å². The third-order valence-electron chi connectivity index (χ3n) is 2.43. The lowest BCUT2D eigenvalue weighted by Gasteiger charge is -2.05. The van der Waals surface area contributed by atoms with E-state index in [1.165, 1.54) is 18.2 Å². The minimum absolute atomic E-state index is 0.0157. The molecule has 94 valence electrons. The van der Waals surface area contributed by atoms with Crippen molar-refractivity contribution in [2.45, 2.75) is 4.90 Å². The summed E-state index contributed by atoms with van der Waals surface area (Å²) in [5.74, 6) is -1.21. The van der Waals surface area contributed by atoms with Gasteiger partial charge in [0.25, 0.3) is 0 Å². The summed E-state index contributed by atoms with van der Waals surface area (Å²) in [6.07, 6.45) is 2.21. The number of fused-ring (bicyclic) bond motifs is 1. The summed E-state index contributed by atoms with van der Waals surface area (Å²) in [5.41, 5.74) is 0.284. The Kier molecular flexibility index (Phi) is 3.00. The van der Waals surface area contributed by atoms with Gasteiger partial charge in [-0.25, -0.2) is 13.2 Å². The van der Waals surface area contributed by atoms with Crippen molar-refractivity contribution in [3.05, 3.63) is 35.0 Å². The first-order valence-electron chi connectivity index (χ1n) is 4.82. The Hall–Kier alpha value is -1.66. The van der Waals surface area contributed by atoms with Gasteiger partial charge >= 0.3 is 5.97 Å². The van der Waals surface area contributed by atoms with Gasteiger partial charge in [-0.05, 0) is 18.2 Å². The van der Waals surface area contributed by atoms with Crippen LogP contribution in [0.5, 0.6) is 0 Å². The number of nitrogens with zero attached hydrogens (tertiary/aromatic N) is 1. The summed E-state index contributed by atoms with van der Waals surface area (Å²) in [4.78, 5) is 14.9. The number of pyridine rings is 1. The number of hydrogen-bond donors (Lipinski definition) is 1. The molecule has 7 heteroatoms. The van der Waals surface area contributed by atoms with Crippen LogP contribution < -0.4 is 0 Å². The number of rotatable bonds is 2. The first-order chi connectivity index (χ1) is 8.30. The van der Waals surface area contributed by atoms with Crippen LogP contribution in [0, 0.1) is 0 Å². The van der Waals surface area contributed by atoms with Crippen LogP contribution in [0.1, 0.15) is 10.4 Å². The maximum atomic E-state index is 11.4. The number of halogens is 1. The molecule has 0 fully saturated rings. The van der Waals surface area contributed by atoms with E-state index in [9.17, 15) is 13.2 Å². The zero-order valence-corrected chi connectivity index (χ0v) is 10.8. The summed E-state index contributed by atoms with van der Waals surface area (Å²) < 4.78 is 22.9. The fourth-order valence-electron chi connectivity index (χ4n) is 1.52. The number of carboxylic acid groups (broad SMARTS) is 1. The normalized spacial score (nSPS) is 11.7. The van der Waals surface area contributed by atoms with E-state index in [-0.39, 0.29) is 15.5 Å². The van der Waals surface area contributed by atoms with Crippen LogP contribution in [0.4, 0.5) is 0 Å². The van der Waals surface area contributed by atoms with E-state index in [4.69, 9.17) is 16.7 Å². The van der Waals surface area contributed by atoms with E-state index in [1.54, 1.807) is 0 Å². The second-order valence-electron chi connectivity index (χ2n) is 3.74. The van der Waals surface area contributed by atoms with Crippen molar-refractivity contribution in [1.82, 2.24) is 4.98 Å². The highest BCUT2D eigenvalue weighted by atomic mass is 35.5. The molecule has 0 bridgehead atoms. The molecule has 0 aliphatic rings. The van der Waals surface area contributed by atoms with E-state index >= 15 is 0 Å². The predicted molar refractivity (Wildman–Crippen MR) is 66.8 cm³/mol. The highest BCUT2D eigenvalue weighted by Crippen LogP contribution is 2.27. The molecular weight excluding hydrogens is 278 g/mol. The van der Waals surface area contributed by atoms with Gasteiger partial charge in [-0.3, -0.25) is 4.98 Å². The monoisotopic (exact) mass is 285 g/mol. The van der Waals surface area contributed by atoms with E-state index in [0.29, 0.717) is 10.9 Å². The molecular formula is C11H8ClNO4S. The third-order valence-corrected chi connectivity index (χ3v) is 3.95. The molecule has 1 heterocycles. The molecule has 0 aliphatic heterocycles. The highest BCUT2D eigenvalue weighted by Gasteiger charge is 2.15. The molecule has 0 radical (unpaired) electrons. The lowest BCUT2D eigenvalue weighted by Crippen LogP contribution is -2.01. The third kappa shape index (κ3) is 2.16. The van der Waals surface area contributed by atoms with Gasteiger partial charge in [0.2, 0.25) is 0 Å². The summed E-state index contributed by atoms with van der Waals surface area (Å²) >= 11 is 5.94. The van der Waals surface area contributed by atoms with E-state index in [1.807, 2.05) is 0 Å². The summed E-state index contributed by atoms with van der Waals surface area (Å²) in [6, 6.07) is 4.22. The maximum Gasteiger partial charge on any atom is 0.338 e. The molecule has 1 N–H and O–H groups in total. The van der Waals surface area contributed by atoms with Crippen LogP contribution in [0.15, 0.2) is 29.3 Å². The first-order valence-corrected chi connectivity index (χ1v) is 7.09. The zero-order chi connectivity index (χ0) is 13.5. The molecule has 0 aliphatic carbocycles. The second kappa shape index (κ2) is 4.22. The number of carboxylic acids is 1. The van der Waals surface area contributed by atoms with Crippen LogP contribution in [0.25, 0.3) is 10.9 Å². The highest BCUT2D eigenvalue weighted by molar-refractivity contribution is 7.90. The fraction of sp³-hybridized carbons (Fsp3) is 0.0909. The van der Waals surface area contributed by atoms with Gasteiger partial charge in [-0.15, -0.1) is 0 Å². The van der Waals surface area contributed by atoms with Gasteiger partial charge in [0.05, 0.1) is 21.0 Å². The van der Waals surface area contributed by atoms with E-state index in [2.05, 4.69) is 4.98 Å². The largest absolute Gasteiger partial charge is 0.478 e. The lowest BCUT2D eigenvalue weighted by atomic mass is 10.1. The average molecular weight is 286 g/mol. The molecule has 0 spiro atoms. The Balaban J connectivity index is 2.83. The topological polar surface area (TPSA) is 84.3 Å². The zero-order valence-electron chi connectivity index (χ0n) is 9.21. The van der Waals surface area contributed by atoms with Crippen molar-refractivity contribution in [3.8, 4) is 0 Å². The number of aromatic nitrogens is 1. The number of hydrogen-bond acceptors (Lipinski definition) is 4. The SMILES string of the molecule is CS(=O)(=O)c1ccc2ncc(C(=O)O)c(Cl)c2c1. The molecule has 0 amide bonds. The summed E-state index contributed by atoms with van der Waals surface area (Å²) in [7, 11) is -3.38. The fourth-order valence-corrected chi connectivity index (χ4v) is 2.45. The molecule has 0 saturated heterocycles. The Morgan fingerprint density at radius 1 is 1.39 bits per heavy atom. The van der Waals surface area contributed by atoms with Crippen molar-refractivity contribution in [2.75, 3.05) is 6.26 Å². The van der Waals surface area contributed by atoms with Crippen molar-refractivity contribution < 1.29 is 18.3 Å². The van der Waals surface area contributed by atoms with Crippen LogP contribution in [0.3, 0.4) is 0 Å². The van der Waals surface area contributed by atoms with Crippen LogP contribution >= 0.6 is 11.6 Å². The van der Waals surface area contributed by atoms with Crippen LogP contribution in [-0.2, 0) is 9.84 Å². The minimum atomic E-state index is -3.38. The molecule has 18 heavy (non-hydrogen) atoms. The smallest absolute Gasteiger partial charge is 0.338 e. The van der Waals surface area contributed by atoms with E-state index < -0.39 is 15.8 Å². The number of sulfone groups is 1. The van der Waals surface area contributed by atoms with Gasteiger partial charge in [-0.1, -0.05) is 11.6 Å². The quantitative estimate of drug-likeness (QED) is 0.912. The van der Waals surface area contributed by atoms with Crippen LogP contribution in [0.2, 0.25) is 5.02 Å². The Morgan fingerprint density at radius 3 is 2.61 bits per heavy atom. The average Bonchev–Trinajstić information content (AvgIpc) is 2.27. The molecule has 2 aromatic rings. The summed E-state index contributed by atoms with van der Waals surface area (Å²) in [6.45, 7) is 0. The summed E-state index contributed by atoms with van der Waals surface area (Å²) in [5, 5.41) is 9.20. The maximum absolute atomic E-state index is 11.4. The second-order valence-corrected chi connectivity index (χ2v) is 6.14. The predicted octanol–water partition coefficient (Wildman–Crippen LogP) is 1.99. The standard InChI is InChI=1S/C11H8ClNO4S/c1-18(16,17)6-2-3-9-7(4-6)10(12)8(5-13-9)11(14)15/h2-5H,1H3,(H,14,15). The molecule has 2 rings (SSSR count). The van der Waals surface area contributed by atoms with Crippen molar-refractivity contribution in [1.29, 1.82) is 0 Å². The lowest BCUT2D eigenvalue weighted by molar-refractivity contribution is 0.0697. The number of aromatic carboxylic acids is 1. The van der Waals surface area contributed by atoms with Gasteiger partial charge in [-0.2, -0.15) is 0 Å². The number of benzene rings is 1. The van der Waals surface area contributed by atoms with Crippen LogP contribution in [-0.4, -0.2) is 30.7 Å². The Bertz CT molecular complexity index is 755. The molecule has 5 nitrogen and oxygen atoms in total. The van der Waals surface area contributed by atoms with Crippen molar-refractivity contribution in [2.24, 2.45) is 0 Å². The molecule has 1 aromatic heterocycles. The molecule has 0 unspecified atom stereocenters. The number of carbonyl (C=O) groups is 1. The van der Waals surface area contributed by atoms with Gasteiger partial charge in [0.1, 0.15) is 0 Å². The van der Waals surface area contributed by atoms with E-state index in [0.717, 1.165) is 12.5 Å². The Labute approximate surface area is 108 Å². The molecule has 0 saturated carbocycles. The molecule has 1 aromatic carbocycles.